The van der Waals surface area contributed by atoms with Crippen molar-refractivity contribution in [2.75, 3.05) is 6.26 Å². The minimum atomic E-state index is -3.16. The molecule has 0 radical (unpaired) electrons. The van der Waals surface area contributed by atoms with E-state index in [4.69, 9.17) is 11.6 Å². The van der Waals surface area contributed by atoms with Crippen molar-refractivity contribution in [1.29, 1.82) is 0 Å². The first-order chi connectivity index (χ1) is 9.97. The van der Waals surface area contributed by atoms with Gasteiger partial charge >= 0.3 is 0 Å². The molecule has 0 saturated carbocycles. The Morgan fingerprint density at radius 3 is 2.10 bits per heavy atom. The lowest BCUT2D eigenvalue weighted by molar-refractivity contribution is 0.602. The summed E-state index contributed by atoms with van der Waals surface area (Å²) in [4.78, 5) is 0.332. The molecule has 0 fully saturated rings. The van der Waals surface area contributed by atoms with Crippen LogP contribution in [0.2, 0.25) is 0 Å². The summed E-state index contributed by atoms with van der Waals surface area (Å²) in [6.07, 6.45) is 2.05. The predicted octanol–water partition coefficient (Wildman–Crippen LogP) is 4.01. The average molecular weight is 319 g/mol. The van der Waals surface area contributed by atoms with Crippen LogP contribution >= 0.6 is 11.6 Å². The van der Waals surface area contributed by atoms with Crippen LogP contribution in [-0.4, -0.2) is 20.1 Å². The van der Waals surface area contributed by atoms with Crippen molar-refractivity contribution in [3.05, 3.63) is 65.7 Å². The van der Waals surface area contributed by atoms with Crippen LogP contribution < -0.4 is 0 Å². The van der Waals surface area contributed by atoms with Crippen LogP contribution in [0.25, 0.3) is 11.1 Å². The molecule has 1 unspecified atom stereocenters. The summed E-state index contributed by atoms with van der Waals surface area (Å²) in [5, 5.41) is -0.00992. The van der Waals surface area contributed by atoms with Gasteiger partial charge in [0.05, 0.1) is 10.3 Å². The van der Waals surface area contributed by atoms with Gasteiger partial charge in [0, 0.05) is 6.26 Å². The SMILES string of the molecule is CS(=O)(=O)c1ccc(C2=C(c3ccccc3)CC2Cl)cc1. The highest BCUT2D eigenvalue weighted by Gasteiger charge is 2.29. The van der Waals surface area contributed by atoms with Crippen LogP contribution in [0.4, 0.5) is 0 Å². The topological polar surface area (TPSA) is 34.1 Å². The fourth-order valence-electron chi connectivity index (χ4n) is 2.60. The molecular weight excluding hydrogens is 304 g/mol. The zero-order valence-electron chi connectivity index (χ0n) is 11.6. The van der Waals surface area contributed by atoms with Gasteiger partial charge in [-0.2, -0.15) is 0 Å². The zero-order chi connectivity index (χ0) is 15.0. The second-order valence-corrected chi connectivity index (χ2v) is 7.77. The van der Waals surface area contributed by atoms with E-state index in [9.17, 15) is 8.42 Å². The number of benzene rings is 2. The van der Waals surface area contributed by atoms with Crippen molar-refractivity contribution in [2.45, 2.75) is 16.7 Å². The molecule has 4 heteroatoms. The Labute approximate surface area is 130 Å². The van der Waals surface area contributed by atoms with E-state index in [0.29, 0.717) is 4.90 Å². The minimum Gasteiger partial charge on any atom is -0.224 e. The van der Waals surface area contributed by atoms with E-state index < -0.39 is 9.84 Å². The summed E-state index contributed by atoms with van der Waals surface area (Å²) in [5.74, 6) is 0. The van der Waals surface area contributed by atoms with Crippen LogP contribution in [0, 0.1) is 0 Å². The third-order valence-electron chi connectivity index (χ3n) is 3.74. The first-order valence-electron chi connectivity index (χ1n) is 6.70. The van der Waals surface area contributed by atoms with Gasteiger partial charge in [-0.1, -0.05) is 42.5 Å². The predicted molar refractivity (Wildman–Crippen MR) is 87.1 cm³/mol. The normalized spacial score (nSPS) is 18.5. The van der Waals surface area contributed by atoms with E-state index in [1.165, 1.54) is 17.4 Å². The lowest BCUT2D eigenvalue weighted by atomic mass is 9.79. The van der Waals surface area contributed by atoms with E-state index in [0.717, 1.165) is 17.6 Å². The van der Waals surface area contributed by atoms with Crippen LogP contribution in [0.15, 0.2) is 59.5 Å². The Morgan fingerprint density at radius 2 is 1.57 bits per heavy atom. The number of hydrogen-bond donors (Lipinski definition) is 0. The molecular formula is C17H15ClO2S. The van der Waals surface area contributed by atoms with Crippen molar-refractivity contribution in [1.82, 2.24) is 0 Å². The summed E-state index contributed by atoms with van der Waals surface area (Å²) in [7, 11) is -3.16. The van der Waals surface area contributed by atoms with Gasteiger partial charge in [-0.05, 0) is 40.8 Å². The molecule has 2 aromatic rings. The monoisotopic (exact) mass is 318 g/mol. The second-order valence-electron chi connectivity index (χ2n) is 5.23. The smallest absolute Gasteiger partial charge is 0.175 e. The molecule has 2 aromatic carbocycles. The van der Waals surface area contributed by atoms with Crippen LogP contribution in [0.1, 0.15) is 17.5 Å². The summed E-state index contributed by atoms with van der Waals surface area (Å²) >= 11 is 6.35. The van der Waals surface area contributed by atoms with Gasteiger partial charge in [-0.15, -0.1) is 11.6 Å². The zero-order valence-corrected chi connectivity index (χ0v) is 13.2. The quantitative estimate of drug-likeness (QED) is 0.801. The third-order valence-corrected chi connectivity index (χ3v) is 5.24. The maximum absolute atomic E-state index is 11.5. The summed E-state index contributed by atoms with van der Waals surface area (Å²) in [6, 6.07) is 17.1. The van der Waals surface area contributed by atoms with Gasteiger partial charge in [0.25, 0.3) is 0 Å². The van der Waals surface area contributed by atoms with Gasteiger partial charge < -0.3 is 0 Å². The van der Waals surface area contributed by atoms with Crippen LogP contribution in [-0.2, 0) is 9.84 Å². The lowest BCUT2D eigenvalue weighted by Gasteiger charge is -2.30. The van der Waals surface area contributed by atoms with E-state index in [1.807, 2.05) is 30.3 Å². The maximum Gasteiger partial charge on any atom is 0.175 e. The van der Waals surface area contributed by atoms with Crippen LogP contribution in [0.5, 0.6) is 0 Å². The Balaban J connectivity index is 2.03. The fourth-order valence-corrected chi connectivity index (χ4v) is 3.64. The van der Waals surface area contributed by atoms with E-state index >= 15 is 0 Å². The molecule has 108 valence electrons. The third kappa shape index (κ3) is 2.76. The van der Waals surface area contributed by atoms with Gasteiger partial charge in [0.15, 0.2) is 9.84 Å². The van der Waals surface area contributed by atoms with E-state index in [-0.39, 0.29) is 5.38 Å². The average Bonchev–Trinajstić information content (AvgIpc) is 2.45. The van der Waals surface area contributed by atoms with Gasteiger partial charge in [0.1, 0.15) is 0 Å². The molecule has 1 aliphatic rings. The van der Waals surface area contributed by atoms with Gasteiger partial charge in [-0.25, -0.2) is 8.42 Å². The highest BCUT2D eigenvalue weighted by atomic mass is 35.5. The first kappa shape index (κ1) is 14.4. The van der Waals surface area contributed by atoms with Crippen LogP contribution in [0.3, 0.4) is 0 Å². The van der Waals surface area contributed by atoms with E-state index in [2.05, 4.69) is 12.1 Å². The summed E-state index contributed by atoms with van der Waals surface area (Å²) < 4.78 is 23.0. The molecule has 0 bridgehead atoms. The van der Waals surface area contributed by atoms with Crippen molar-refractivity contribution in [3.63, 3.8) is 0 Å². The molecule has 0 aromatic heterocycles. The molecule has 1 aliphatic carbocycles. The molecule has 0 amide bonds. The number of hydrogen-bond acceptors (Lipinski definition) is 2. The molecule has 2 nitrogen and oxygen atoms in total. The maximum atomic E-state index is 11.5. The Kier molecular flexibility index (Phi) is 3.64. The molecule has 0 spiro atoms. The Morgan fingerprint density at radius 1 is 0.952 bits per heavy atom. The molecule has 1 atom stereocenters. The largest absolute Gasteiger partial charge is 0.224 e. The number of halogens is 1. The number of sulfone groups is 1. The van der Waals surface area contributed by atoms with Crippen molar-refractivity contribution in [3.8, 4) is 0 Å². The Bertz CT molecular complexity index is 790. The minimum absolute atomic E-state index is 0.00992. The molecule has 3 rings (SSSR count). The van der Waals surface area contributed by atoms with Crippen molar-refractivity contribution in [2.24, 2.45) is 0 Å². The summed E-state index contributed by atoms with van der Waals surface area (Å²) in [6.45, 7) is 0. The second kappa shape index (κ2) is 5.32. The molecule has 0 N–H and O–H groups in total. The van der Waals surface area contributed by atoms with Gasteiger partial charge in [0.2, 0.25) is 0 Å². The molecule has 0 aliphatic heterocycles. The number of allylic oxidation sites excluding steroid dienone is 2. The van der Waals surface area contributed by atoms with Gasteiger partial charge in [-0.3, -0.25) is 0 Å². The molecule has 0 saturated heterocycles. The summed E-state index contributed by atoms with van der Waals surface area (Å²) in [5.41, 5.74) is 4.51. The first-order valence-corrected chi connectivity index (χ1v) is 9.02. The fraction of sp³-hybridized carbons (Fsp3) is 0.176. The Hall–Kier alpha value is -1.58. The molecule has 21 heavy (non-hydrogen) atoms. The lowest BCUT2D eigenvalue weighted by Crippen LogP contribution is -2.16. The van der Waals surface area contributed by atoms with E-state index in [1.54, 1.807) is 12.1 Å². The number of rotatable bonds is 3. The molecule has 0 heterocycles. The number of alkyl halides is 1. The van der Waals surface area contributed by atoms with Crippen molar-refractivity contribution < 1.29 is 8.42 Å². The highest BCUT2D eigenvalue weighted by Crippen LogP contribution is 2.45. The standard InChI is InChI=1S/C17H15ClO2S/c1-21(19,20)14-9-7-13(8-10-14)17-15(11-16(17)18)12-5-3-2-4-6-12/h2-10,16H,11H2,1H3. The van der Waals surface area contributed by atoms with Crippen molar-refractivity contribution >= 4 is 32.6 Å². The highest BCUT2D eigenvalue weighted by molar-refractivity contribution is 7.90.